The number of nitrogens with zero attached hydrogens (tertiary/aromatic N) is 3. The first-order valence-electron chi connectivity index (χ1n) is 4.83. The molecule has 1 N–H and O–H groups in total. The molecule has 0 aliphatic heterocycles. The zero-order valence-electron chi connectivity index (χ0n) is 8.29. The van der Waals surface area contributed by atoms with E-state index in [4.69, 9.17) is 0 Å². The Kier molecular flexibility index (Phi) is 1.83. The van der Waals surface area contributed by atoms with E-state index < -0.39 is 0 Å². The quantitative estimate of drug-likeness (QED) is 0.656. The first-order chi connectivity index (χ1) is 7.84. The van der Waals surface area contributed by atoms with Crippen molar-refractivity contribution in [2.45, 2.75) is 0 Å². The second-order valence-corrected chi connectivity index (χ2v) is 3.35. The third kappa shape index (κ3) is 1.30. The van der Waals surface area contributed by atoms with Crippen LogP contribution in [0.4, 0.5) is 0 Å². The number of hydrogen-bond acceptors (Lipinski definition) is 3. The second-order valence-electron chi connectivity index (χ2n) is 3.35. The van der Waals surface area contributed by atoms with Gasteiger partial charge in [-0.1, -0.05) is 6.07 Å². The van der Waals surface area contributed by atoms with Crippen LogP contribution in [-0.4, -0.2) is 19.6 Å². The second kappa shape index (κ2) is 3.30. The van der Waals surface area contributed by atoms with Crippen LogP contribution >= 0.6 is 0 Å². The van der Waals surface area contributed by atoms with Crippen molar-refractivity contribution in [3.63, 3.8) is 0 Å². The molecular formula is C11H8N4O. The van der Waals surface area contributed by atoms with Crippen LogP contribution in [0.5, 0.6) is 0 Å². The van der Waals surface area contributed by atoms with Crippen LogP contribution < -0.4 is 5.56 Å². The van der Waals surface area contributed by atoms with Crippen molar-refractivity contribution >= 4 is 5.65 Å². The largest absolute Gasteiger partial charge is 0.297 e. The Balaban J connectivity index is 2.30. The predicted molar refractivity (Wildman–Crippen MR) is 59.0 cm³/mol. The van der Waals surface area contributed by atoms with Crippen molar-refractivity contribution in [3.05, 3.63) is 53.1 Å². The maximum absolute atomic E-state index is 11.7. The molecule has 78 valence electrons. The summed E-state index contributed by atoms with van der Waals surface area (Å²) in [5.41, 5.74) is 1.73. The van der Waals surface area contributed by atoms with Gasteiger partial charge in [0, 0.05) is 24.5 Å². The highest BCUT2D eigenvalue weighted by Gasteiger charge is 2.05. The minimum atomic E-state index is -0.143. The van der Waals surface area contributed by atoms with Crippen LogP contribution in [0, 0.1) is 0 Å². The molecule has 0 aliphatic rings. The Morgan fingerprint density at radius 3 is 2.94 bits per heavy atom. The lowest BCUT2D eigenvalue weighted by atomic mass is 10.2. The molecule has 0 saturated carbocycles. The molecule has 0 aliphatic carbocycles. The summed E-state index contributed by atoms with van der Waals surface area (Å²) in [6.07, 6.45) is 3.35. The van der Waals surface area contributed by atoms with Crippen molar-refractivity contribution in [2.24, 2.45) is 0 Å². The first-order valence-corrected chi connectivity index (χ1v) is 4.83. The van der Waals surface area contributed by atoms with Gasteiger partial charge in [-0.25, -0.2) is 9.50 Å². The summed E-state index contributed by atoms with van der Waals surface area (Å²) < 4.78 is 1.38. The number of aromatic amines is 1. The maximum atomic E-state index is 11.7. The molecule has 0 unspecified atom stereocenters. The Morgan fingerprint density at radius 1 is 1.19 bits per heavy atom. The van der Waals surface area contributed by atoms with Gasteiger partial charge in [0.15, 0.2) is 5.65 Å². The number of aromatic nitrogens is 4. The summed E-state index contributed by atoms with van der Waals surface area (Å²) >= 11 is 0. The predicted octanol–water partition coefficient (Wildman–Crippen LogP) is 1.08. The third-order valence-corrected chi connectivity index (χ3v) is 2.31. The highest BCUT2D eigenvalue weighted by molar-refractivity contribution is 5.56. The van der Waals surface area contributed by atoms with Crippen molar-refractivity contribution in [1.29, 1.82) is 0 Å². The molecule has 0 radical (unpaired) electrons. The minimum Gasteiger partial charge on any atom is -0.297 e. The lowest BCUT2D eigenvalue weighted by Crippen LogP contribution is -2.14. The Hall–Kier alpha value is -2.43. The Morgan fingerprint density at radius 2 is 2.12 bits per heavy atom. The molecule has 0 spiro atoms. The van der Waals surface area contributed by atoms with E-state index in [1.807, 2.05) is 18.2 Å². The average molecular weight is 212 g/mol. The smallest absolute Gasteiger partial charge is 0.273 e. The van der Waals surface area contributed by atoms with Gasteiger partial charge in [-0.15, -0.1) is 0 Å². The number of rotatable bonds is 1. The zero-order valence-corrected chi connectivity index (χ0v) is 8.29. The van der Waals surface area contributed by atoms with Gasteiger partial charge < -0.3 is 0 Å². The van der Waals surface area contributed by atoms with E-state index in [1.165, 1.54) is 10.6 Å². The van der Waals surface area contributed by atoms with Crippen molar-refractivity contribution in [2.75, 3.05) is 0 Å². The summed E-state index contributed by atoms with van der Waals surface area (Å²) in [6.45, 7) is 0. The van der Waals surface area contributed by atoms with Crippen molar-refractivity contribution < 1.29 is 0 Å². The fourth-order valence-corrected chi connectivity index (χ4v) is 1.57. The topological polar surface area (TPSA) is 63.0 Å². The van der Waals surface area contributed by atoms with Crippen LogP contribution in [0.15, 0.2) is 47.5 Å². The van der Waals surface area contributed by atoms with Crippen LogP contribution in [0.3, 0.4) is 0 Å². The summed E-state index contributed by atoms with van der Waals surface area (Å²) in [5.74, 6) is 0. The van der Waals surface area contributed by atoms with Gasteiger partial charge in [0.05, 0.1) is 11.4 Å². The summed E-state index contributed by atoms with van der Waals surface area (Å²) in [6, 6.07) is 8.72. The number of H-pyrrole nitrogens is 1. The molecule has 0 saturated heterocycles. The highest BCUT2D eigenvalue weighted by Crippen LogP contribution is 2.11. The third-order valence-electron chi connectivity index (χ3n) is 2.31. The molecule has 0 amide bonds. The molecular weight excluding hydrogens is 204 g/mol. The number of pyridine rings is 1. The molecule has 5 nitrogen and oxygen atoms in total. The molecule has 3 aromatic heterocycles. The van der Waals surface area contributed by atoms with Crippen LogP contribution in [-0.2, 0) is 0 Å². The van der Waals surface area contributed by atoms with Gasteiger partial charge in [-0.05, 0) is 12.1 Å². The van der Waals surface area contributed by atoms with Crippen LogP contribution in [0.25, 0.3) is 17.0 Å². The number of nitrogens with one attached hydrogen (secondary N) is 1. The minimum absolute atomic E-state index is 0.143. The highest BCUT2D eigenvalue weighted by atomic mass is 16.1. The molecule has 3 rings (SSSR count). The lowest BCUT2D eigenvalue weighted by molar-refractivity contribution is 0.900. The Labute approximate surface area is 90.4 Å². The lowest BCUT2D eigenvalue weighted by Gasteiger charge is -1.99. The van der Waals surface area contributed by atoms with Crippen LogP contribution in [0.2, 0.25) is 0 Å². The van der Waals surface area contributed by atoms with Gasteiger partial charge in [-0.3, -0.25) is 14.9 Å². The normalized spacial score (nSPS) is 10.8. The number of hydrogen-bond donors (Lipinski definition) is 1. The van der Waals surface area contributed by atoms with Gasteiger partial charge in [0.25, 0.3) is 5.56 Å². The van der Waals surface area contributed by atoms with E-state index in [0.29, 0.717) is 17.0 Å². The maximum Gasteiger partial charge on any atom is 0.273 e. The van der Waals surface area contributed by atoms with Gasteiger partial charge in [-0.2, -0.15) is 0 Å². The van der Waals surface area contributed by atoms with E-state index in [1.54, 1.807) is 18.5 Å². The molecule has 3 heterocycles. The summed E-state index contributed by atoms with van der Waals surface area (Å²) in [7, 11) is 0. The van der Waals surface area contributed by atoms with Gasteiger partial charge in [0.1, 0.15) is 0 Å². The average Bonchev–Trinajstić information content (AvgIpc) is 2.79. The molecule has 0 atom stereocenters. The van der Waals surface area contributed by atoms with Gasteiger partial charge >= 0.3 is 0 Å². The van der Waals surface area contributed by atoms with E-state index in [-0.39, 0.29) is 5.56 Å². The van der Waals surface area contributed by atoms with E-state index in [2.05, 4.69) is 15.1 Å². The van der Waals surface area contributed by atoms with Crippen molar-refractivity contribution in [1.82, 2.24) is 19.6 Å². The molecule has 0 fully saturated rings. The summed E-state index contributed by atoms with van der Waals surface area (Å²) in [4.78, 5) is 20.2. The number of fused-ring (bicyclic) bond motifs is 1. The molecule has 16 heavy (non-hydrogen) atoms. The fourth-order valence-electron chi connectivity index (χ4n) is 1.57. The first kappa shape index (κ1) is 8.84. The van der Waals surface area contributed by atoms with E-state index >= 15 is 0 Å². The monoisotopic (exact) mass is 212 g/mol. The SMILES string of the molecule is O=c1cc(-c2ccccn2)nc2cc[nH]n12. The molecule has 0 bridgehead atoms. The van der Waals surface area contributed by atoms with E-state index in [9.17, 15) is 4.79 Å². The summed E-state index contributed by atoms with van der Waals surface area (Å²) in [5, 5.41) is 2.79. The Bertz CT molecular complexity index is 684. The van der Waals surface area contributed by atoms with Crippen molar-refractivity contribution in [3.8, 4) is 11.4 Å². The molecule has 0 aromatic carbocycles. The fraction of sp³-hybridized carbons (Fsp3) is 0. The standard InChI is InChI=1S/C11H8N4O/c16-11-7-9(8-3-1-2-5-12-8)14-10-4-6-13-15(10)11/h1-7,13H. The van der Waals surface area contributed by atoms with E-state index in [0.717, 1.165) is 0 Å². The van der Waals surface area contributed by atoms with Gasteiger partial charge in [0.2, 0.25) is 0 Å². The van der Waals surface area contributed by atoms with Crippen LogP contribution in [0.1, 0.15) is 0 Å². The zero-order chi connectivity index (χ0) is 11.0. The molecule has 3 aromatic rings. The molecule has 5 heteroatoms.